The Bertz CT molecular complexity index is 512. The summed E-state index contributed by atoms with van der Waals surface area (Å²) < 4.78 is 5.19. The van der Waals surface area contributed by atoms with Crippen LogP contribution in [-0.4, -0.2) is 47.7 Å². The van der Waals surface area contributed by atoms with Crippen LogP contribution in [0.5, 0.6) is 0 Å². The van der Waals surface area contributed by atoms with Gasteiger partial charge in [-0.1, -0.05) is 29.8 Å². The van der Waals surface area contributed by atoms with E-state index in [1.54, 1.807) is 7.11 Å². The molecule has 1 fully saturated rings. The fourth-order valence-corrected chi connectivity index (χ4v) is 2.63. The molecule has 1 aromatic carbocycles. The number of likely N-dealkylation sites (tertiary alicyclic amines) is 1. The summed E-state index contributed by atoms with van der Waals surface area (Å²) in [4.78, 5) is 24.9. The van der Waals surface area contributed by atoms with Gasteiger partial charge >= 0.3 is 5.97 Å². The largest absolute Gasteiger partial charge is 0.480 e. The van der Waals surface area contributed by atoms with E-state index in [0.717, 1.165) is 5.56 Å². The highest BCUT2D eigenvalue weighted by Crippen LogP contribution is 2.21. The van der Waals surface area contributed by atoms with Crippen LogP contribution in [0.1, 0.15) is 24.0 Å². The Morgan fingerprint density at radius 2 is 2.00 bits per heavy atom. The third kappa shape index (κ3) is 3.82. The van der Waals surface area contributed by atoms with Gasteiger partial charge in [0.2, 0.25) is 5.91 Å². The molecular formula is C16H21NO4. The number of rotatable bonds is 5. The minimum Gasteiger partial charge on any atom is -0.480 e. The predicted octanol–water partition coefficient (Wildman–Crippen LogP) is 1.63. The lowest BCUT2D eigenvalue weighted by Gasteiger charge is -2.21. The number of carbonyl (C=O) groups is 2. The highest BCUT2D eigenvalue weighted by atomic mass is 16.5. The number of carboxylic acid groups (broad SMARTS) is 1. The Morgan fingerprint density at radius 1 is 1.33 bits per heavy atom. The zero-order chi connectivity index (χ0) is 15.4. The molecule has 5 heteroatoms. The van der Waals surface area contributed by atoms with Gasteiger partial charge in [-0.2, -0.15) is 0 Å². The molecule has 0 spiro atoms. The summed E-state index contributed by atoms with van der Waals surface area (Å²) in [6, 6.07) is 7.26. The molecule has 1 heterocycles. The van der Waals surface area contributed by atoms with Crippen LogP contribution in [0.4, 0.5) is 0 Å². The van der Waals surface area contributed by atoms with E-state index in [0.29, 0.717) is 25.8 Å². The van der Waals surface area contributed by atoms with Crippen molar-refractivity contribution in [2.45, 2.75) is 38.3 Å². The van der Waals surface area contributed by atoms with Gasteiger partial charge < -0.3 is 14.7 Å². The summed E-state index contributed by atoms with van der Waals surface area (Å²) >= 11 is 0. The lowest BCUT2D eigenvalue weighted by Crippen LogP contribution is -2.40. The number of hydrogen-bond acceptors (Lipinski definition) is 3. The Hall–Kier alpha value is -1.88. The molecule has 1 aromatic rings. The number of carbonyl (C=O) groups excluding carboxylic acids is 1. The number of amides is 1. The molecule has 1 aliphatic heterocycles. The summed E-state index contributed by atoms with van der Waals surface area (Å²) in [6.07, 6.45) is 1.12. The zero-order valence-corrected chi connectivity index (χ0v) is 12.4. The second-order valence-electron chi connectivity index (χ2n) is 5.48. The Morgan fingerprint density at radius 3 is 2.57 bits per heavy atom. The van der Waals surface area contributed by atoms with Gasteiger partial charge in [0.05, 0.1) is 6.10 Å². The molecule has 0 saturated carbocycles. The number of aryl methyl sites for hydroxylation is 2. The summed E-state index contributed by atoms with van der Waals surface area (Å²) in [7, 11) is 1.55. The molecular weight excluding hydrogens is 270 g/mol. The molecule has 21 heavy (non-hydrogen) atoms. The fourth-order valence-electron chi connectivity index (χ4n) is 2.63. The van der Waals surface area contributed by atoms with Crippen molar-refractivity contribution < 1.29 is 19.4 Å². The Kier molecular flexibility index (Phi) is 4.96. The van der Waals surface area contributed by atoms with Crippen LogP contribution in [0.15, 0.2) is 24.3 Å². The number of benzene rings is 1. The first kappa shape index (κ1) is 15.5. The minimum absolute atomic E-state index is 0.123. The van der Waals surface area contributed by atoms with E-state index in [1.807, 2.05) is 31.2 Å². The fraction of sp³-hybridized carbons (Fsp3) is 0.500. The van der Waals surface area contributed by atoms with E-state index in [2.05, 4.69) is 0 Å². The molecule has 5 nitrogen and oxygen atoms in total. The highest BCUT2D eigenvalue weighted by Gasteiger charge is 2.39. The molecule has 2 unspecified atom stereocenters. The van der Waals surface area contributed by atoms with Gasteiger partial charge in [-0.05, 0) is 18.9 Å². The van der Waals surface area contributed by atoms with Crippen LogP contribution in [0.25, 0.3) is 0 Å². The smallest absolute Gasteiger partial charge is 0.326 e. The molecule has 1 saturated heterocycles. The number of ether oxygens (including phenoxy) is 1. The molecule has 114 valence electrons. The molecule has 2 atom stereocenters. The maximum Gasteiger partial charge on any atom is 0.326 e. The first-order chi connectivity index (χ1) is 10.0. The summed E-state index contributed by atoms with van der Waals surface area (Å²) in [5.74, 6) is -1.08. The van der Waals surface area contributed by atoms with Crippen LogP contribution in [0.2, 0.25) is 0 Å². The van der Waals surface area contributed by atoms with Crippen molar-refractivity contribution in [1.82, 2.24) is 4.90 Å². The van der Waals surface area contributed by atoms with Crippen molar-refractivity contribution >= 4 is 11.9 Å². The van der Waals surface area contributed by atoms with E-state index in [-0.39, 0.29) is 12.0 Å². The average Bonchev–Trinajstić information content (AvgIpc) is 2.91. The lowest BCUT2D eigenvalue weighted by atomic mass is 10.1. The molecule has 0 bridgehead atoms. The maximum absolute atomic E-state index is 12.3. The third-order valence-electron chi connectivity index (χ3n) is 3.95. The van der Waals surface area contributed by atoms with Crippen molar-refractivity contribution in [2.24, 2.45) is 0 Å². The molecule has 0 aromatic heterocycles. The standard InChI is InChI=1S/C16H21NO4/c1-11-3-5-12(6-4-11)7-8-15(18)17-10-13(21-2)9-14(17)16(19)20/h3-6,13-14H,7-10H2,1-2H3,(H,19,20). The van der Waals surface area contributed by atoms with Crippen molar-refractivity contribution in [1.29, 1.82) is 0 Å². The van der Waals surface area contributed by atoms with Gasteiger partial charge in [-0.15, -0.1) is 0 Å². The average molecular weight is 291 g/mol. The molecule has 2 rings (SSSR count). The first-order valence-corrected chi connectivity index (χ1v) is 7.12. The number of nitrogens with zero attached hydrogens (tertiary/aromatic N) is 1. The monoisotopic (exact) mass is 291 g/mol. The van der Waals surface area contributed by atoms with Gasteiger partial charge in [0.25, 0.3) is 0 Å². The number of aliphatic carboxylic acids is 1. The molecule has 0 radical (unpaired) electrons. The van der Waals surface area contributed by atoms with Crippen molar-refractivity contribution in [3.05, 3.63) is 35.4 Å². The molecule has 1 N–H and O–H groups in total. The van der Waals surface area contributed by atoms with Crippen LogP contribution in [-0.2, 0) is 20.7 Å². The first-order valence-electron chi connectivity index (χ1n) is 7.12. The Balaban J connectivity index is 1.95. The minimum atomic E-state index is -0.960. The predicted molar refractivity (Wildman–Crippen MR) is 78.1 cm³/mol. The number of hydrogen-bond donors (Lipinski definition) is 1. The van der Waals surface area contributed by atoms with Gasteiger partial charge in [0, 0.05) is 26.5 Å². The van der Waals surface area contributed by atoms with Gasteiger partial charge in [0.15, 0.2) is 0 Å². The topological polar surface area (TPSA) is 66.8 Å². The normalized spacial score (nSPS) is 21.5. The van der Waals surface area contributed by atoms with Crippen LogP contribution in [0, 0.1) is 6.92 Å². The van der Waals surface area contributed by atoms with Crippen LogP contribution in [0.3, 0.4) is 0 Å². The Labute approximate surface area is 124 Å². The molecule has 1 aliphatic rings. The van der Waals surface area contributed by atoms with E-state index < -0.39 is 12.0 Å². The van der Waals surface area contributed by atoms with E-state index in [4.69, 9.17) is 4.74 Å². The molecule has 0 aliphatic carbocycles. The zero-order valence-electron chi connectivity index (χ0n) is 12.4. The van der Waals surface area contributed by atoms with Crippen LogP contribution >= 0.6 is 0 Å². The lowest BCUT2D eigenvalue weighted by molar-refractivity contribution is -0.148. The van der Waals surface area contributed by atoms with Gasteiger partial charge in [-0.3, -0.25) is 4.79 Å². The van der Waals surface area contributed by atoms with E-state index >= 15 is 0 Å². The summed E-state index contributed by atoms with van der Waals surface area (Å²) in [5, 5.41) is 9.21. The van der Waals surface area contributed by atoms with E-state index in [9.17, 15) is 14.7 Å². The van der Waals surface area contributed by atoms with Gasteiger partial charge in [-0.25, -0.2) is 4.79 Å². The quantitative estimate of drug-likeness (QED) is 0.895. The number of carboxylic acids is 1. The highest BCUT2D eigenvalue weighted by molar-refractivity contribution is 5.84. The number of methoxy groups -OCH3 is 1. The second-order valence-corrected chi connectivity index (χ2v) is 5.48. The van der Waals surface area contributed by atoms with Gasteiger partial charge in [0.1, 0.15) is 6.04 Å². The summed E-state index contributed by atoms with van der Waals surface area (Å²) in [5.41, 5.74) is 2.27. The molecule has 1 amide bonds. The third-order valence-corrected chi connectivity index (χ3v) is 3.95. The van der Waals surface area contributed by atoms with Crippen LogP contribution < -0.4 is 0 Å². The van der Waals surface area contributed by atoms with E-state index in [1.165, 1.54) is 10.5 Å². The summed E-state index contributed by atoms with van der Waals surface area (Å²) in [6.45, 7) is 2.38. The maximum atomic E-state index is 12.3. The van der Waals surface area contributed by atoms with Crippen molar-refractivity contribution in [3.63, 3.8) is 0 Å². The van der Waals surface area contributed by atoms with Crippen molar-refractivity contribution in [2.75, 3.05) is 13.7 Å². The second kappa shape index (κ2) is 6.72. The SMILES string of the molecule is COC1CC(C(=O)O)N(C(=O)CCc2ccc(C)cc2)C1. The van der Waals surface area contributed by atoms with Crippen molar-refractivity contribution in [3.8, 4) is 0 Å².